The van der Waals surface area contributed by atoms with Crippen molar-refractivity contribution in [3.05, 3.63) is 27.9 Å². The summed E-state index contributed by atoms with van der Waals surface area (Å²) >= 11 is 0. The highest BCUT2D eigenvalue weighted by Gasteiger charge is 2.09. The van der Waals surface area contributed by atoms with Crippen LogP contribution in [0.15, 0.2) is 12.3 Å². The number of hydrogen-bond acceptors (Lipinski definition) is 5. The van der Waals surface area contributed by atoms with Crippen molar-refractivity contribution in [1.82, 2.24) is 10.3 Å². The predicted molar refractivity (Wildman–Crippen MR) is 62.8 cm³/mol. The third kappa shape index (κ3) is 3.71. The molecule has 0 saturated carbocycles. The Morgan fingerprint density at radius 1 is 1.59 bits per heavy atom. The Morgan fingerprint density at radius 3 is 2.82 bits per heavy atom. The number of aryl methyl sites for hydroxylation is 1. The Hall–Kier alpha value is -2.18. The number of amides is 1. The molecule has 17 heavy (non-hydrogen) atoms. The first-order chi connectivity index (χ1) is 8.04. The summed E-state index contributed by atoms with van der Waals surface area (Å²) in [6, 6.07) is 1.44. The Kier molecular flexibility index (Phi) is 4.38. The van der Waals surface area contributed by atoms with Gasteiger partial charge in [0, 0.05) is 26.1 Å². The van der Waals surface area contributed by atoms with E-state index in [0.717, 1.165) is 0 Å². The second-order valence-corrected chi connectivity index (χ2v) is 3.47. The molecule has 0 saturated heterocycles. The molecule has 92 valence electrons. The minimum absolute atomic E-state index is 0.0423. The molecule has 0 spiro atoms. The smallest absolute Gasteiger partial charge is 0.287 e. The highest BCUT2D eigenvalue weighted by molar-refractivity contribution is 5.76. The minimum Gasteiger partial charge on any atom is -0.369 e. The van der Waals surface area contributed by atoms with Crippen LogP contribution in [0.3, 0.4) is 0 Å². The van der Waals surface area contributed by atoms with Crippen molar-refractivity contribution in [3.8, 4) is 0 Å². The molecule has 0 bridgehead atoms. The summed E-state index contributed by atoms with van der Waals surface area (Å²) in [5, 5.41) is 15.9. The van der Waals surface area contributed by atoms with Crippen LogP contribution in [0.2, 0.25) is 0 Å². The molecule has 7 heteroatoms. The number of nitro groups is 1. The van der Waals surface area contributed by atoms with Crippen molar-refractivity contribution in [2.24, 2.45) is 0 Å². The van der Waals surface area contributed by atoms with E-state index in [1.807, 2.05) is 0 Å². The maximum Gasteiger partial charge on any atom is 0.287 e. The first kappa shape index (κ1) is 12.9. The van der Waals surface area contributed by atoms with E-state index in [-0.39, 0.29) is 11.6 Å². The van der Waals surface area contributed by atoms with Gasteiger partial charge in [-0.3, -0.25) is 14.9 Å². The van der Waals surface area contributed by atoms with Crippen LogP contribution in [-0.4, -0.2) is 29.4 Å². The lowest BCUT2D eigenvalue weighted by Crippen LogP contribution is -2.21. The van der Waals surface area contributed by atoms with Gasteiger partial charge < -0.3 is 10.6 Å². The van der Waals surface area contributed by atoms with Gasteiger partial charge in [0.15, 0.2) is 0 Å². The molecule has 1 aromatic heterocycles. The van der Waals surface area contributed by atoms with Gasteiger partial charge in [0.1, 0.15) is 12.0 Å². The summed E-state index contributed by atoms with van der Waals surface area (Å²) in [6.07, 6.45) is 1.52. The predicted octanol–water partition coefficient (Wildman–Crippen LogP) is 0.846. The summed E-state index contributed by atoms with van der Waals surface area (Å²) in [5.74, 6) is 0.483. The van der Waals surface area contributed by atoms with Gasteiger partial charge in [0.25, 0.3) is 5.69 Å². The molecule has 1 aromatic rings. The van der Waals surface area contributed by atoms with Crippen LogP contribution < -0.4 is 10.6 Å². The quantitative estimate of drug-likeness (QED) is 0.585. The Balaban J connectivity index is 2.60. The lowest BCUT2D eigenvalue weighted by Gasteiger charge is -2.07. The molecule has 1 amide bonds. The van der Waals surface area contributed by atoms with E-state index in [0.29, 0.717) is 24.3 Å². The van der Waals surface area contributed by atoms with Crippen molar-refractivity contribution in [3.63, 3.8) is 0 Å². The van der Waals surface area contributed by atoms with Crippen LogP contribution in [0.4, 0.5) is 11.5 Å². The van der Waals surface area contributed by atoms with Crippen LogP contribution >= 0.6 is 0 Å². The molecule has 0 aliphatic rings. The summed E-state index contributed by atoms with van der Waals surface area (Å²) < 4.78 is 0. The summed E-state index contributed by atoms with van der Waals surface area (Å²) in [6.45, 7) is 2.16. The topological polar surface area (TPSA) is 97.2 Å². The van der Waals surface area contributed by atoms with Crippen LogP contribution in [0.25, 0.3) is 0 Å². The third-order valence-electron chi connectivity index (χ3n) is 2.20. The van der Waals surface area contributed by atoms with Gasteiger partial charge in [0.05, 0.1) is 4.92 Å². The Morgan fingerprint density at radius 2 is 2.29 bits per heavy atom. The number of nitrogens with one attached hydrogen (secondary N) is 2. The molecule has 1 rings (SSSR count). The lowest BCUT2D eigenvalue weighted by atomic mass is 10.2. The third-order valence-corrected chi connectivity index (χ3v) is 2.20. The van der Waals surface area contributed by atoms with E-state index >= 15 is 0 Å². The van der Waals surface area contributed by atoms with Gasteiger partial charge in [-0.1, -0.05) is 0 Å². The molecule has 0 unspecified atom stereocenters. The van der Waals surface area contributed by atoms with Gasteiger partial charge in [-0.05, 0) is 12.5 Å². The maximum absolute atomic E-state index is 11.0. The number of aromatic nitrogens is 1. The van der Waals surface area contributed by atoms with E-state index in [1.165, 1.54) is 12.3 Å². The number of carbonyl (C=O) groups is 1. The molecule has 2 N–H and O–H groups in total. The summed E-state index contributed by atoms with van der Waals surface area (Å²) in [4.78, 5) is 24.9. The zero-order chi connectivity index (χ0) is 12.8. The second-order valence-electron chi connectivity index (χ2n) is 3.47. The molecule has 0 aliphatic heterocycles. The van der Waals surface area contributed by atoms with E-state index in [1.54, 1.807) is 14.0 Å². The minimum atomic E-state index is -0.492. The molecular weight excluding hydrogens is 224 g/mol. The molecule has 7 nitrogen and oxygen atoms in total. The largest absolute Gasteiger partial charge is 0.369 e. The number of pyridine rings is 1. The fourth-order valence-electron chi connectivity index (χ4n) is 1.26. The van der Waals surface area contributed by atoms with Crippen molar-refractivity contribution in [1.29, 1.82) is 0 Å². The SMILES string of the molecule is CNC(=O)CCNc1ncc([N+](=O)[O-])cc1C. The second kappa shape index (κ2) is 5.78. The highest BCUT2D eigenvalue weighted by atomic mass is 16.6. The van der Waals surface area contributed by atoms with Gasteiger partial charge in [-0.2, -0.15) is 0 Å². The average molecular weight is 238 g/mol. The first-order valence-electron chi connectivity index (χ1n) is 5.10. The summed E-state index contributed by atoms with van der Waals surface area (Å²) in [7, 11) is 1.57. The molecule has 0 radical (unpaired) electrons. The van der Waals surface area contributed by atoms with E-state index in [2.05, 4.69) is 15.6 Å². The lowest BCUT2D eigenvalue weighted by molar-refractivity contribution is -0.385. The number of anilines is 1. The zero-order valence-corrected chi connectivity index (χ0v) is 9.69. The van der Waals surface area contributed by atoms with Gasteiger partial charge >= 0.3 is 0 Å². The Labute approximate surface area is 98.4 Å². The molecular formula is C10H14N4O3. The van der Waals surface area contributed by atoms with Crippen molar-refractivity contribution >= 4 is 17.4 Å². The van der Waals surface area contributed by atoms with Crippen molar-refractivity contribution in [2.75, 3.05) is 18.9 Å². The number of hydrogen-bond donors (Lipinski definition) is 2. The number of nitrogens with zero attached hydrogens (tertiary/aromatic N) is 2. The van der Waals surface area contributed by atoms with Gasteiger partial charge in [0.2, 0.25) is 5.91 Å². The number of rotatable bonds is 5. The van der Waals surface area contributed by atoms with Gasteiger partial charge in [-0.25, -0.2) is 4.98 Å². The van der Waals surface area contributed by atoms with Crippen LogP contribution in [0, 0.1) is 17.0 Å². The molecule has 0 aromatic carbocycles. The van der Waals surface area contributed by atoms with Crippen molar-refractivity contribution < 1.29 is 9.72 Å². The molecule has 1 heterocycles. The standard InChI is InChI=1S/C10H14N4O3/c1-7-5-8(14(16)17)6-13-10(7)12-4-3-9(15)11-2/h5-6H,3-4H2,1-2H3,(H,11,15)(H,12,13). The highest BCUT2D eigenvalue weighted by Crippen LogP contribution is 2.17. The van der Waals surface area contributed by atoms with E-state index in [9.17, 15) is 14.9 Å². The number of carbonyl (C=O) groups excluding carboxylic acids is 1. The summed E-state index contributed by atoms with van der Waals surface area (Å²) in [5.41, 5.74) is 0.635. The first-order valence-corrected chi connectivity index (χ1v) is 5.10. The molecule has 0 aliphatic carbocycles. The molecule has 0 fully saturated rings. The average Bonchev–Trinajstić information content (AvgIpc) is 2.30. The fraction of sp³-hybridized carbons (Fsp3) is 0.400. The monoisotopic (exact) mass is 238 g/mol. The Bertz CT molecular complexity index is 434. The fourth-order valence-corrected chi connectivity index (χ4v) is 1.26. The van der Waals surface area contributed by atoms with E-state index < -0.39 is 4.92 Å². The van der Waals surface area contributed by atoms with Gasteiger partial charge in [-0.15, -0.1) is 0 Å². The van der Waals surface area contributed by atoms with Crippen LogP contribution in [0.1, 0.15) is 12.0 Å². The van der Waals surface area contributed by atoms with Crippen molar-refractivity contribution in [2.45, 2.75) is 13.3 Å². The van der Waals surface area contributed by atoms with Crippen LogP contribution in [-0.2, 0) is 4.79 Å². The normalized spacial score (nSPS) is 9.76. The van der Waals surface area contributed by atoms with Crippen LogP contribution in [0.5, 0.6) is 0 Å². The maximum atomic E-state index is 11.0. The molecule has 0 atom stereocenters. The van der Waals surface area contributed by atoms with E-state index in [4.69, 9.17) is 0 Å². The zero-order valence-electron chi connectivity index (χ0n) is 9.69.